The molecule has 340 valence electrons. The molecular formula is C64H69N3. The van der Waals surface area contributed by atoms with Crippen LogP contribution in [0.25, 0.3) is 83.6 Å². The summed E-state index contributed by atoms with van der Waals surface area (Å²) in [6.45, 7) is 22.5. The Morgan fingerprint density at radius 2 is 0.806 bits per heavy atom. The first-order valence-corrected chi connectivity index (χ1v) is 25.0. The van der Waals surface area contributed by atoms with Crippen molar-refractivity contribution in [1.29, 1.82) is 0 Å². The van der Waals surface area contributed by atoms with Gasteiger partial charge in [-0.25, -0.2) is 9.97 Å². The first-order valence-electron chi connectivity index (χ1n) is 25.0. The number of hydrogen-bond acceptors (Lipinski definition) is 2. The second-order valence-electron chi connectivity index (χ2n) is 19.3. The van der Waals surface area contributed by atoms with Crippen molar-refractivity contribution in [2.24, 2.45) is 0 Å². The van der Waals surface area contributed by atoms with Crippen molar-refractivity contribution in [3.05, 3.63) is 186 Å². The number of unbranched alkanes of at least 4 members (excludes halogenated alkanes) is 3. The second kappa shape index (κ2) is 20.1. The maximum absolute atomic E-state index is 5.32. The Kier molecular flexibility index (Phi) is 14.1. The quantitative estimate of drug-likeness (QED) is 0.160. The zero-order valence-electron chi connectivity index (χ0n) is 41.7. The third kappa shape index (κ3) is 8.77. The van der Waals surface area contributed by atoms with Gasteiger partial charge in [-0.2, -0.15) is 0 Å². The fourth-order valence-corrected chi connectivity index (χ4v) is 9.96. The maximum Gasteiger partial charge on any atom is 0.160 e. The van der Waals surface area contributed by atoms with E-state index in [0.29, 0.717) is 5.82 Å². The molecule has 2 aromatic heterocycles. The minimum Gasteiger partial charge on any atom is -0.309 e. The molecule has 0 saturated carbocycles. The highest BCUT2D eigenvalue weighted by Crippen LogP contribution is 2.54. The monoisotopic (exact) mass is 880 g/mol. The van der Waals surface area contributed by atoms with E-state index in [2.05, 4.69) is 225 Å². The fraction of sp³-hybridized carbons (Fsp3) is 0.281. The zero-order chi connectivity index (χ0) is 47.3. The summed E-state index contributed by atoms with van der Waals surface area (Å²) >= 11 is 0. The number of fused-ring (bicyclic) bond motifs is 9. The normalized spacial score (nSPS) is 13.2. The molecule has 0 fully saturated rings. The molecule has 9 aromatic rings. The molecule has 0 radical (unpaired) electrons. The molecule has 0 saturated heterocycles. The van der Waals surface area contributed by atoms with E-state index >= 15 is 0 Å². The second-order valence-corrected chi connectivity index (χ2v) is 19.3. The van der Waals surface area contributed by atoms with Gasteiger partial charge in [-0.3, -0.25) is 0 Å². The van der Waals surface area contributed by atoms with E-state index in [9.17, 15) is 0 Å². The molecular weight excluding hydrogens is 811 g/mol. The van der Waals surface area contributed by atoms with Gasteiger partial charge >= 0.3 is 0 Å². The summed E-state index contributed by atoms with van der Waals surface area (Å²) in [7, 11) is 0. The van der Waals surface area contributed by atoms with Gasteiger partial charge in [-0.1, -0.05) is 235 Å². The topological polar surface area (TPSA) is 30.7 Å². The lowest BCUT2D eigenvalue weighted by Gasteiger charge is -2.22. The van der Waals surface area contributed by atoms with Crippen molar-refractivity contribution in [2.45, 2.75) is 119 Å². The summed E-state index contributed by atoms with van der Waals surface area (Å²) in [5.41, 5.74) is 19.0. The van der Waals surface area contributed by atoms with Gasteiger partial charge in [0.25, 0.3) is 0 Å². The number of rotatable bonds is 7. The molecule has 11 rings (SSSR count). The molecule has 2 aliphatic carbocycles. The van der Waals surface area contributed by atoms with Gasteiger partial charge < -0.3 is 4.57 Å². The molecule has 3 heteroatoms. The predicted molar refractivity (Wildman–Crippen MR) is 290 cm³/mol. The molecule has 0 atom stereocenters. The molecule has 3 nitrogen and oxygen atoms in total. The van der Waals surface area contributed by atoms with E-state index in [0.717, 1.165) is 33.8 Å². The highest BCUT2D eigenvalue weighted by molar-refractivity contribution is 6.14. The number of aromatic nitrogens is 3. The zero-order valence-corrected chi connectivity index (χ0v) is 41.7. The van der Waals surface area contributed by atoms with Crippen LogP contribution < -0.4 is 0 Å². The molecule has 2 aliphatic rings. The Morgan fingerprint density at radius 1 is 0.388 bits per heavy atom. The summed E-state index contributed by atoms with van der Waals surface area (Å²) in [6.07, 6.45) is 7.97. The van der Waals surface area contributed by atoms with Crippen molar-refractivity contribution in [2.75, 3.05) is 0 Å². The van der Waals surface area contributed by atoms with Crippen molar-refractivity contribution < 1.29 is 0 Å². The van der Waals surface area contributed by atoms with Gasteiger partial charge in [0, 0.05) is 38.3 Å². The summed E-state index contributed by atoms with van der Waals surface area (Å²) < 4.78 is 2.52. The van der Waals surface area contributed by atoms with E-state index in [1.165, 1.54) is 105 Å². The fourth-order valence-electron chi connectivity index (χ4n) is 9.96. The van der Waals surface area contributed by atoms with E-state index in [-0.39, 0.29) is 10.8 Å². The van der Waals surface area contributed by atoms with Crippen LogP contribution >= 0.6 is 0 Å². The summed E-state index contributed by atoms with van der Waals surface area (Å²) in [6, 6.07) is 59.5. The number of benzene rings is 7. The first kappa shape index (κ1) is 46.9. The largest absolute Gasteiger partial charge is 0.309 e. The highest BCUT2D eigenvalue weighted by atomic mass is 15.0. The molecule has 67 heavy (non-hydrogen) atoms. The summed E-state index contributed by atoms with van der Waals surface area (Å²) in [5.74, 6) is 0.712. The predicted octanol–water partition coefficient (Wildman–Crippen LogP) is 18.6. The third-order valence-electron chi connectivity index (χ3n) is 13.6. The molecule has 0 aliphatic heterocycles. The van der Waals surface area contributed by atoms with Crippen LogP contribution in [0.15, 0.2) is 164 Å². The lowest BCUT2D eigenvalue weighted by atomic mass is 9.82. The minimum absolute atomic E-state index is 0.133. The van der Waals surface area contributed by atoms with Crippen LogP contribution in [0.4, 0.5) is 0 Å². The van der Waals surface area contributed by atoms with Gasteiger partial charge in [-0.05, 0) is 80.9 Å². The van der Waals surface area contributed by atoms with Crippen LogP contribution in [-0.4, -0.2) is 14.5 Å². The van der Waals surface area contributed by atoms with Crippen molar-refractivity contribution in [3.63, 3.8) is 0 Å². The van der Waals surface area contributed by atoms with Crippen LogP contribution in [0.3, 0.4) is 0 Å². The summed E-state index contributed by atoms with van der Waals surface area (Å²) in [4.78, 5) is 10.4. The van der Waals surface area contributed by atoms with Gasteiger partial charge in [0.15, 0.2) is 5.82 Å². The maximum atomic E-state index is 5.32. The lowest BCUT2D eigenvalue weighted by Crippen LogP contribution is -2.15. The van der Waals surface area contributed by atoms with Gasteiger partial charge in [0.1, 0.15) is 0 Å². The third-order valence-corrected chi connectivity index (χ3v) is 13.6. The van der Waals surface area contributed by atoms with Crippen LogP contribution in [-0.2, 0) is 10.8 Å². The smallest absolute Gasteiger partial charge is 0.160 e. The van der Waals surface area contributed by atoms with Crippen LogP contribution in [0.1, 0.15) is 130 Å². The molecule has 2 heterocycles. The Morgan fingerprint density at radius 3 is 1.27 bits per heavy atom. The number of nitrogens with zero attached hydrogens (tertiary/aromatic N) is 3. The SMILES string of the molecule is CC1(C)c2ccccc2-c2cc3c4cc5c(cc4n(-c4ccccc4-c4cc(-c6ccccc6)nc(-c6ccccc6)n4)c3cc21)C(C)(C)c1ccccc1-5.CCC.CCCC.CCCCC. The van der Waals surface area contributed by atoms with Crippen LogP contribution in [0.5, 0.6) is 0 Å². The van der Waals surface area contributed by atoms with E-state index in [1.54, 1.807) is 0 Å². The highest BCUT2D eigenvalue weighted by Gasteiger charge is 2.38. The number of hydrogen-bond donors (Lipinski definition) is 0. The molecule has 0 N–H and O–H groups in total. The van der Waals surface area contributed by atoms with Crippen molar-refractivity contribution in [3.8, 4) is 61.8 Å². The Bertz CT molecular complexity index is 2950. The van der Waals surface area contributed by atoms with E-state index in [4.69, 9.17) is 9.97 Å². The van der Waals surface area contributed by atoms with Gasteiger partial charge in [-0.15, -0.1) is 0 Å². The molecule has 0 spiro atoms. The average Bonchev–Trinajstić information content (AvgIpc) is 3.89. The van der Waals surface area contributed by atoms with Gasteiger partial charge in [0.2, 0.25) is 0 Å². The minimum atomic E-state index is -0.133. The lowest BCUT2D eigenvalue weighted by molar-refractivity contribution is 0.660. The number of para-hydroxylation sites is 1. The Balaban J connectivity index is 0.000000457. The average molecular weight is 880 g/mol. The molecule has 0 bridgehead atoms. The Hall–Kier alpha value is -6.58. The molecule has 0 amide bonds. The van der Waals surface area contributed by atoms with Crippen LogP contribution in [0.2, 0.25) is 0 Å². The first-order chi connectivity index (χ1) is 32.5. The van der Waals surface area contributed by atoms with Crippen molar-refractivity contribution >= 4 is 21.8 Å². The Labute approximate surface area is 401 Å². The van der Waals surface area contributed by atoms with Crippen molar-refractivity contribution in [1.82, 2.24) is 14.5 Å². The molecule has 7 aromatic carbocycles. The molecule has 0 unspecified atom stereocenters. The van der Waals surface area contributed by atoms with Gasteiger partial charge in [0.05, 0.1) is 28.1 Å². The standard InChI is InChI=1S/C52H39N3.C5H12.C4H10.C3H8/c1-51(2)41-24-14-11-21-34(41)37-27-39-40-28-38-35-22-12-15-25-42(35)52(3,4)44(38)30-49(40)55(48(39)29-43(37)51)47-26-16-13-23-36(47)46-31-45(32-17-7-5-8-18-32)53-50(54-46)33-19-9-6-10-20-33;1-3-5-4-2;1-3-4-2;1-3-2/h5-31H,1-4H3;3-5H2,1-2H3;3-4H2,1-2H3;3H2,1-2H3. The van der Waals surface area contributed by atoms with E-state index < -0.39 is 0 Å². The summed E-state index contributed by atoms with van der Waals surface area (Å²) in [5, 5.41) is 2.53. The van der Waals surface area contributed by atoms with Crippen LogP contribution in [0, 0.1) is 0 Å². The van der Waals surface area contributed by atoms with E-state index in [1.807, 2.05) is 12.1 Å².